The summed E-state index contributed by atoms with van der Waals surface area (Å²) in [6.45, 7) is 5.46. The lowest BCUT2D eigenvalue weighted by molar-refractivity contribution is -0.134. The molecule has 0 radical (unpaired) electrons. The minimum Gasteiger partial charge on any atom is -0.497 e. The molecule has 1 N–H and O–H groups in total. The standard InChI is InChI=1S/C26H33N3O6S/c1-18(2)14-22-25(30)29(16-19-4-9-23-24(15-19)35-17-34-23)26(27-22)10-12-28(13-11-26)36(31,32)21-7-5-20(33-3)6-8-21/h4-9,15,18,22,27H,10-14,16-17H2,1-3H3. The fraction of sp³-hybridized carbons (Fsp3) is 0.500. The van der Waals surface area contributed by atoms with Gasteiger partial charge in [0.15, 0.2) is 11.5 Å². The van der Waals surface area contributed by atoms with E-state index in [-0.39, 0.29) is 23.6 Å². The van der Waals surface area contributed by atoms with Gasteiger partial charge < -0.3 is 19.1 Å². The number of rotatable bonds is 7. The van der Waals surface area contributed by atoms with E-state index in [0.717, 1.165) is 12.0 Å². The number of nitrogens with one attached hydrogen (secondary N) is 1. The highest BCUT2D eigenvalue weighted by Gasteiger charge is 2.52. The monoisotopic (exact) mass is 515 g/mol. The van der Waals surface area contributed by atoms with Crippen molar-refractivity contribution in [3.05, 3.63) is 48.0 Å². The van der Waals surface area contributed by atoms with Gasteiger partial charge in [0.05, 0.1) is 23.7 Å². The van der Waals surface area contributed by atoms with Crippen LogP contribution in [0.25, 0.3) is 0 Å². The minimum absolute atomic E-state index is 0.0628. The third-order valence-electron chi connectivity index (χ3n) is 7.26. The average molecular weight is 516 g/mol. The van der Waals surface area contributed by atoms with Gasteiger partial charge in [-0.25, -0.2) is 8.42 Å². The highest BCUT2D eigenvalue weighted by Crippen LogP contribution is 2.38. The van der Waals surface area contributed by atoms with Gasteiger partial charge in [0.2, 0.25) is 22.7 Å². The molecule has 1 atom stereocenters. The van der Waals surface area contributed by atoms with Crippen molar-refractivity contribution in [2.75, 3.05) is 27.0 Å². The van der Waals surface area contributed by atoms with Crippen LogP contribution < -0.4 is 19.5 Å². The second-order valence-corrected chi connectivity index (χ2v) is 12.0. The smallest absolute Gasteiger partial charge is 0.243 e. The Morgan fingerprint density at radius 2 is 1.78 bits per heavy atom. The quantitative estimate of drug-likeness (QED) is 0.606. The van der Waals surface area contributed by atoms with Crippen molar-refractivity contribution in [2.45, 2.75) is 56.3 Å². The fourth-order valence-electron chi connectivity index (χ4n) is 5.35. The number of nitrogens with zero attached hydrogens (tertiary/aromatic N) is 2. The molecule has 5 rings (SSSR count). The Bertz CT molecular complexity index is 1220. The summed E-state index contributed by atoms with van der Waals surface area (Å²) in [4.78, 5) is 15.7. The molecule has 0 saturated carbocycles. The number of methoxy groups -OCH3 is 1. The number of carbonyl (C=O) groups excluding carboxylic acids is 1. The number of hydrogen-bond donors (Lipinski definition) is 1. The van der Waals surface area contributed by atoms with E-state index in [2.05, 4.69) is 19.2 Å². The Morgan fingerprint density at radius 3 is 2.44 bits per heavy atom. The molecule has 2 saturated heterocycles. The van der Waals surface area contributed by atoms with E-state index >= 15 is 0 Å². The molecule has 1 spiro atoms. The van der Waals surface area contributed by atoms with Crippen molar-refractivity contribution in [2.24, 2.45) is 5.92 Å². The lowest BCUT2D eigenvalue weighted by atomic mass is 9.96. The Hall–Kier alpha value is -2.82. The molecule has 0 aromatic heterocycles. The second-order valence-electron chi connectivity index (χ2n) is 10.0. The van der Waals surface area contributed by atoms with Crippen molar-refractivity contribution < 1.29 is 27.4 Å². The third kappa shape index (κ3) is 4.53. The maximum Gasteiger partial charge on any atom is 0.243 e. The zero-order valence-corrected chi connectivity index (χ0v) is 21.7. The van der Waals surface area contributed by atoms with Gasteiger partial charge in [-0.2, -0.15) is 4.31 Å². The van der Waals surface area contributed by atoms with Crippen molar-refractivity contribution in [1.29, 1.82) is 0 Å². The number of hydrogen-bond acceptors (Lipinski definition) is 7. The summed E-state index contributed by atoms with van der Waals surface area (Å²) >= 11 is 0. The molecule has 3 aliphatic heterocycles. The Balaban J connectivity index is 1.37. The average Bonchev–Trinajstić information content (AvgIpc) is 3.43. The number of ether oxygens (including phenoxy) is 3. The first-order valence-electron chi connectivity index (χ1n) is 12.3. The number of piperidine rings is 1. The number of carbonyl (C=O) groups is 1. The van der Waals surface area contributed by atoms with E-state index < -0.39 is 15.7 Å². The first-order chi connectivity index (χ1) is 17.2. The number of benzene rings is 2. The molecule has 2 aromatic rings. The Labute approximate surface area is 212 Å². The van der Waals surface area contributed by atoms with Crippen LogP contribution in [0.1, 0.15) is 38.7 Å². The van der Waals surface area contributed by atoms with Crippen molar-refractivity contribution in [3.63, 3.8) is 0 Å². The third-order valence-corrected chi connectivity index (χ3v) is 9.17. The molecule has 0 aliphatic carbocycles. The Morgan fingerprint density at radius 1 is 1.08 bits per heavy atom. The van der Waals surface area contributed by atoms with Crippen molar-refractivity contribution >= 4 is 15.9 Å². The molecule has 1 amide bonds. The fourth-order valence-corrected chi connectivity index (χ4v) is 6.79. The van der Waals surface area contributed by atoms with Crippen LogP contribution in [0.4, 0.5) is 0 Å². The van der Waals surface area contributed by atoms with E-state index in [4.69, 9.17) is 14.2 Å². The van der Waals surface area contributed by atoms with Gasteiger partial charge >= 0.3 is 0 Å². The predicted molar refractivity (Wildman–Crippen MR) is 133 cm³/mol. The summed E-state index contributed by atoms with van der Waals surface area (Å²) in [5, 5.41) is 3.62. The van der Waals surface area contributed by atoms with Gasteiger partial charge in [0.1, 0.15) is 5.75 Å². The zero-order chi connectivity index (χ0) is 25.5. The van der Waals surface area contributed by atoms with Gasteiger partial charge in [-0.1, -0.05) is 19.9 Å². The summed E-state index contributed by atoms with van der Waals surface area (Å²) in [6.07, 6.45) is 1.74. The molecule has 2 aromatic carbocycles. The van der Waals surface area contributed by atoms with Crippen LogP contribution in [0.5, 0.6) is 17.2 Å². The van der Waals surface area contributed by atoms with Crippen LogP contribution in [0, 0.1) is 5.92 Å². The van der Waals surface area contributed by atoms with Gasteiger partial charge in [-0.05, 0) is 67.1 Å². The van der Waals surface area contributed by atoms with Crippen LogP contribution in [0.2, 0.25) is 0 Å². The van der Waals surface area contributed by atoms with Gasteiger partial charge in [0, 0.05) is 19.6 Å². The molecule has 10 heteroatoms. The normalized spacial score (nSPS) is 21.5. The summed E-state index contributed by atoms with van der Waals surface area (Å²) < 4.78 is 44.2. The van der Waals surface area contributed by atoms with Crippen LogP contribution in [0.15, 0.2) is 47.4 Å². The zero-order valence-electron chi connectivity index (χ0n) is 20.9. The molecule has 36 heavy (non-hydrogen) atoms. The SMILES string of the molecule is COc1ccc(S(=O)(=O)N2CCC3(CC2)NC(CC(C)C)C(=O)N3Cc2ccc3c(c2)OCO3)cc1. The molecule has 194 valence electrons. The topological polar surface area (TPSA) is 97.4 Å². The molecule has 0 bridgehead atoms. The second kappa shape index (κ2) is 9.57. The maximum atomic E-state index is 13.6. The molecule has 3 heterocycles. The van der Waals surface area contributed by atoms with Crippen LogP contribution >= 0.6 is 0 Å². The highest BCUT2D eigenvalue weighted by atomic mass is 32.2. The maximum absolute atomic E-state index is 13.6. The van der Waals surface area contributed by atoms with Gasteiger partial charge in [-0.3, -0.25) is 10.1 Å². The van der Waals surface area contributed by atoms with E-state index in [1.807, 2.05) is 23.1 Å². The van der Waals surface area contributed by atoms with Crippen LogP contribution in [0.3, 0.4) is 0 Å². The first kappa shape index (κ1) is 24.9. The lowest BCUT2D eigenvalue weighted by Crippen LogP contribution is -2.59. The van der Waals surface area contributed by atoms with E-state index in [0.29, 0.717) is 55.6 Å². The lowest BCUT2D eigenvalue weighted by Gasteiger charge is -2.44. The summed E-state index contributed by atoms with van der Waals surface area (Å²) in [5.41, 5.74) is 0.353. The molecular formula is C26H33N3O6S. The largest absolute Gasteiger partial charge is 0.497 e. The van der Waals surface area contributed by atoms with Gasteiger partial charge in [-0.15, -0.1) is 0 Å². The van der Waals surface area contributed by atoms with Gasteiger partial charge in [0.25, 0.3) is 0 Å². The van der Waals surface area contributed by atoms with E-state index in [9.17, 15) is 13.2 Å². The van der Waals surface area contributed by atoms with Crippen molar-refractivity contribution in [1.82, 2.24) is 14.5 Å². The molecule has 3 aliphatic rings. The summed E-state index contributed by atoms with van der Waals surface area (Å²) in [7, 11) is -2.10. The first-order valence-corrected chi connectivity index (χ1v) is 13.8. The molecular weight excluding hydrogens is 482 g/mol. The summed E-state index contributed by atoms with van der Waals surface area (Å²) in [6, 6.07) is 11.9. The van der Waals surface area contributed by atoms with Crippen LogP contribution in [-0.2, 0) is 21.4 Å². The predicted octanol–water partition coefficient (Wildman–Crippen LogP) is 2.95. The number of sulfonamides is 1. The van der Waals surface area contributed by atoms with Crippen molar-refractivity contribution in [3.8, 4) is 17.2 Å². The molecule has 1 unspecified atom stereocenters. The van der Waals surface area contributed by atoms with E-state index in [1.54, 1.807) is 31.4 Å². The van der Waals surface area contributed by atoms with Crippen LogP contribution in [-0.4, -0.2) is 62.2 Å². The minimum atomic E-state index is -3.65. The van der Waals surface area contributed by atoms with E-state index in [1.165, 1.54) is 4.31 Å². The number of amides is 1. The molecule has 2 fully saturated rings. The summed E-state index contributed by atoms with van der Waals surface area (Å²) in [5.74, 6) is 2.40. The Kier molecular flexibility index (Phi) is 6.61. The highest BCUT2D eigenvalue weighted by molar-refractivity contribution is 7.89. The molecule has 9 nitrogen and oxygen atoms in total. The number of fused-ring (bicyclic) bond motifs is 1.